The first-order valence-corrected chi connectivity index (χ1v) is 10.2. The topological polar surface area (TPSA) is 94.2 Å². The van der Waals surface area contributed by atoms with Crippen LogP contribution in [-0.4, -0.2) is 53.8 Å². The quantitative estimate of drug-likeness (QED) is 0.262. The first kappa shape index (κ1) is 22.3. The molecule has 5 rings (SSSR count). The number of rotatable bonds is 3. The predicted molar refractivity (Wildman–Crippen MR) is 125 cm³/mol. The standard InChI is InChI=1S/C23H20FN5O3.ClH/c24-18-7-6-17(16-8-13-31-20(16)18)21-27-19(22(30)32-21)14-28-9-11-29(12-10-28)23(25)26-15-4-2-1-3-5-15;/h1-8,13-14H,9-12H2,(H2,25,26);1H. The van der Waals surface area contributed by atoms with Gasteiger partial charge in [-0.05, 0) is 30.3 Å². The van der Waals surface area contributed by atoms with Crippen LogP contribution < -0.4 is 5.32 Å². The number of hydrogen-bond acceptors (Lipinski definition) is 6. The lowest BCUT2D eigenvalue weighted by Gasteiger charge is -2.35. The van der Waals surface area contributed by atoms with Crippen LogP contribution in [0.15, 0.2) is 76.1 Å². The summed E-state index contributed by atoms with van der Waals surface area (Å²) in [5.74, 6) is -0.578. The number of nitrogens with zero attached hydrogens (tertiary/aromatic N) is 3. The molecule has 10 heteroatoms. The van der Waals surface area contributed by atoms with Gasteiger partial charge in [0.2, 0.25) is 5.90 Å². The minimum absolute atomic E-state index is 0. The summed E-state index contributed by atoms with van der Waals surface area (Å²) in [7, 11) is 0. The van der Waals surface area contributed by atoms with Crippen LogP contribution in [-0.2, 0) is 9.53 Å². The molecule has 33 heavy (non-hydrogen) atoms. The van der Waals surface area contributed by atoms with E-state index in [0.717, 1.165) is 5.69 Å². The van der Waals surface area contributed by atoms with E-state index < -0.39 is 11.8 Å². The van der Waals surface area contributed by atoms with Crippen LogP contribution in [0.5, 0.6) is 0 Å². The van der Waals surface area contributed by atoms with Crippen LogP contribution in [0.3, 0.4) is 0 Å². The summed E-state index contributed by atoms with van der Waals surface area (Å²) in [5.41, 5.74) is 1.65. The third kappa shape index (κ3) is 4.54. The van der Waals surface area contributed by atoms with Gasteiger partial charge in [0.15, 0.2) is 23.1 Å². The lowest BCUT2D eigenvalue weighted by Crippen LogP contribution is -2.48. The molecule has 2 N–H and O–H groups in total. The van der Waals surface area contributed by atoms with Crippen LogP contribution in [0.1, 0.15) is 5.56 Å². The molecular formula is C23H21ClFN5O3. The van der Waals surface area contributed by atoms with Gasteiger partial charge in [-0.3, -0.25) is 5.41 Å². The number of fused-ring (bicyclic) bond motifs is 1. The second kappa shape index (κ2) is 9.33. The Morgan fingerprint density at radius 2 is 1.85 bits per heavy atom. The highest BCUT2D eigenvalue weighted by Gasteiger charge is 2.28. The molecule has 0 bridgehead atoms. The maximum atomic E-state index is 13.9. The second-order valence-corrected chi connectivity index (χ2v) is 7.44. The Morgan fingerprint density at radius 3 is 2.61 bits per heavy atom. The largest absolute Gasteiger partial charge is 0.461 e. The molecule has 8 nitrogen and oxygen atoms in total. The van der Waals surface area contributed by atoms with Crippen LogP contribution in [0, 0.1) is 11.2 Å². The Kier molecular flexibility index (Phi) is 6.32. The van der Waals surface area contributed by atoms with Gasteiger partial charge >= 0.3 is 5.97 Å². The number of furan rings is 1. The highest BCUT2D eigenvalue weighted by molar-refractivity contribution is 6.15. The average molecular weight is 470 g/mol. The molecule has 2 aliphatic rings. The number of para-hydroxylation sites is 1. The highest BCUT2D eigenvalue weighted by Crippen LogP contribution is 2.27. The Hall–Kier alpha value is -3.85. The van der Waals surface area contributed by atoms with Gasteiger partial charge in [0.25, 0.3) is 0 Å². The van der Waals surface area contributed by atoms with E-state index in [2.05, 4.69) is 10.3 Å². The number of halogens is 2. The van der Waals surface area contributed by atoms with Gasteiger partial charge in [-0.2, -0.15) is 0 Å². The van der Waals surface area contributed by atoms with E-state index in [1.165, 1.54) is 18.4 Å². The van der Waals surface area contributed by atoms with Crippen LogP contribution in [0.25, 0.3) is 11.0 Å². The summed E-state index contributed by atoms with van der Waals surface area (Å²) in [5, 5.41) is 11.9. The molecule has 0 unspecified atom stereocenters. The smallest absolute Gasteiger partial charge is 0.365 e. The number of hydrogen-bond donors (Lipinski definition) is 2. The molecule has 2 aromatic carbocycles. The Labute approximate surface area is 195 Å². The molecule has 3 aromatic rings. The van der Waals surface area contributed by atoms with Gasteiger partial charge in [-0.1, -0.05) is 18.2 Å². The van der Waals surface area contributed by atoms with E-state index in [1.807, 2.05) is 40.1 Å². The average Bonchev–Trinajstić information content (AvgIpc) is 3.43. The molecule has 2 aliphatic heterocycles. The highest BCUT2D eigenvalue weighted by atomic mass is 35.5. The van der Waals surface area contributed by atoms with Crippen molar-refractivity contribution in [2.24, 2.45) is 4.99 Å². The summed E-state index contributed by atoms with van der Waals surface area (Å²) in [6.45, 7) is 2.51. The molecule has 0 amide bonds. The van der Waals surface area contributed by atoms with Gasteiger partial charge in [-0.15, -0.1) is 12.4 Å². The number of carbonyl (C=O) groups is 1. The van der Waals surface area contributed by atoms with Gasteiger partial charge in [0.1, 0.15) is 0 Å². The fraction of sp³-hybridized carbons (Fsp3) is 0.174. The van der Waals surface area contributed by atoms with Crippen molar-refractivity contribution in [3.05, 3.63) is 78.1 Å². The molecule has 0 spiro atoms. The Morgan fingerprint density at radius 1 is 1.09 bits per heavy atom. The van der Waals surface area contributed by atoms with E-state index in [-0.39, 0.29) is 29.6 Å². The van der Waals surface area contributed by atoms with E-state index in [9.17, 15) is 9.18 Å². The van der Waals surface area contributed by atoms with Crippen molar-refractivity contribution in [1.82, 2.24) is 9.80 Å². The number of piperazine rings is 1. The molecule has 0 atom stereocenters. The summed E-state index contributed by atoms with van der Waals surface area (Å²) in [6.07, 6.45) is 3.06. The maximum absolute atomic E-state index is 13.9. The van der Waals surface area contributed by atoms with Crippen LogP contribution in [0.4, 0.5) is 10.1 Å². The molecule has 1 aromatic heterocycles. The zero-order valence-electron chi connectivity index (χ0n) is 17.5. The van der Waals surface area contributed by atoms with Crippen molar-refractivity contribution in [2.45, 2.75) is 0 Å². The third-order valence-electron chi connectivity index (χ3n) is 5.39. The van der Waals surface area contributed by atoms with Gasteiger partial charge in [0.05, 0.1) is 6.26 Å². The summed E-state index contributed by atoms with van der Waals surface area (Å²) in [6, 6.07) is 14.0. The normalized spacial score (nSPS) is 17.1. The number of aliphatic imine (C=N–C) groups is 1. The summed E-state index contributed by atoms with van der Waals surface area (Å²) in [4.78, 5) is 20.6. The zero-order valence-corrected chi connectivity index (χ0v) is 18.3. The number of carbonyl (C=O) groups excluding carboxylic acids is 1. The lowest BCUT2D eigenvalue weighted by atomic mass is 10.1. The molecule has 1 fully saturated rings. The summed E-state index contributed by atoms with van der Waals surface area (Å²) < 4.78 is 24.4. The Bertz CT molecular complexity index is 1250. The Balaban J connectivity index is 0.00000259. The van der Waals surface area contributed by atoms with E-state index >= 15 is 0 Å². The first-order valence-electron chi connectivity index (χ1n) is 10.2. The van der Waals surface area contributed by atoms with E-state index in [4.69, 9.17) is 14.6 Å². The fourth-order valence-corrected chi connectivity index (χ4v) is 3.71. The van der Waals surface area contributed by atoms with Crippen molar-refractivity contribution in [3.8, 4) is 0 Å². The zero-order chi connectivity index (χ0) is 22.1. The number of esters is 1. The second-order valence-electron chi connectivity index (χ2n) is 7.44. The number of nitrogens with one attached hydrogen (secondary N) is 2. The number of cyclic esters (lactones) is 1. The molecule has 3 heterocycles. The number of benzene rings is 2. The first-order chi connectivity index (χ1) is 15.6. The van der Waals surface area contributed by atoms with Crippen molar-refractivity contribution < 1.29 is 18.3 Å². The van der Waals surface area contributed by atoms with Gasteiger partial charge in [-0.25, -0.2) is 14.2 Å². The molecule has 0 saturated carbocycles. The minimum Gasteiger partial charge on any atom is -0.461 e. The van der Waals surface area contributed by atoms with Crippen molar-refractivity contribution in [3.63, 3.8) is 0 Å². The van der Waals surface area contributed by atoms with Gasteiger partial charge in [0, 0.05) is 49.0 Å². The maximum Gasteiger partial charge on any atom is 0.365 e. The van der Waals surface area contributed by atoms with Crippen molar-refractivity contribution in [1.29, 1.82) is 5.41 Å². The van der Waals surface area contributed by atoms with Gasteiger partial charge < -0.3 is 24.3 Å². The molecule has 1 saturated heterocycles. The van der Waals surface area contributed by atoms with Crippen molar-refractivity contribution in [2.75, 3.05) is 31.5 Å². The third-order valence-corrected chi connectivity index (χ3v) is 5.39. The van der Waals surface area contributed by atoms with E-state index in [1.54, 1.807) is 12.3 Å². The number of anilines is 1. The fourth-order valence-electron chi connectivity index (χ4n) is 3.71. The minimum atomic E-state index is -0.554. The molecular weight excluding hydrogens is 449 g/mol. The monoisotopic (exact) mass is 469 g/mol. The number of ether oxygens (including phenoxy) is 1. The molecule has 0 radical (unpaired) electrons. The van der Waals surface area contributed by atoms with Crippen LogP contribution >= 0.6 is 12.4 Å². The van der Waals surface area contributed by atoms with Crippen molar-refractivity contribution >= 4 is 46.9 Å². The lowest BCUT2D eigenvalue weighted by molar-refractivity contribution is -0.130. The van der Waals surface area contributed by atoms with E-state index in [0.29, 0.717) is 43.1 Å². The van der Waals surface area contributed by atoms with Crippen LogP contribution in [0.2, 0.25) is 0 Å². The SMILES string of the molecule is Cl.N=C(Nc1ccccc1)N1CCN(C=C2N=C(c3ccc(F)c4occc34)OC2=O)CC1. The summed E-state index contributed by atoms with van der Waals surface area (Å²) >= 11 is 0. The predicted octanol–water partition coefficient (Wildman–Crippen LogP) is 3.80. The molecule has 0 aliphatic carbocycles. The number of guanidine groups is 1. The molecule has 170 valence electrons.